The first kappa shape index (κ1) is 17.0. The summed E-state index contributed by atoms with van der Waals surface area (Å²) in [6.45, 7) is 6.57. The third kappa shape index (κ3) is 3.10. The van der Waals surface area contributed by atoms with Gasteiger partial charge in [0.2, 0.25) is 0 Å². The van der Waals surface area contributed by atoms with E-state index in [-0.39, 0.29) is 8.77 Å². The monoisotopic (exact) mass is 363 g/mol. The number of nitrogens with one attached hydrogen (secondary N) is 3. The molecule has 0 aromatic carbocycles. The van der Waals surface area contributed by atoms with Crippen LogP contribution < -0.4 is 10.8 Å². The van der Waals surface area contributed by atoms with E-state index in [9.17, 15) is 0 Å². The molecule has 3 aromatic rings. The van der Waals surface area contributed by atoms with E-state index < -0.39 is 0 Å². The molecule has 0 amide bonds. The molecule has 7 nitrogen and oxygen atoms in total. The zero-order valence-electron chi connectivity index (χ0n) is 15.1. The summed E-state index contributed by atoms with van der Waals surface area (Å²) in [5.74, 6) is 0.707. The fraction of sp³-hybridized carbons (Fsp3) is 0.300. The van der Waals surface area contributed by atoms with Gasteiger partial charge in [0, 0.05) is 26.7 Å². The van der Waals surface area contributed by atoms with Crippen LogP contribution >= 0.6 is 0 Å². The summed E-state index contributed by atoms with van der Waals surface area (Å²) in [6, 6.07) is 7.88. The van der Waals surface area contributed by atoms with Gasteiger partial charge < -0.3 is 10.3 Å². The van der Waals surface area contributed by atoms with E-state index in [2.05, 4.69) is 33.8 Å². The molecule has 7 heteroatoms. The van der Waals surface area contributed by atoms with Crippen LogP contribution in [0.2, 0.25) is 0 Å². The van der Waals surface area contributed by atoms with Gasteiger partial charge in [0.1, 0.15) is 17.3 Å². The van der Waals surface area contributed by atoms with Crippen molar-refractivity contribution in [1.29, 1.82) is 10.7 Å². The molecule has 0 unspecified atom stereocenters. The summed E-state index contributed by atoms with van der Waals surface area (Å²) in [4.78, 5) is 11.5. The van der Waals surface area contributed by atoms with Crippen LogP contribution in [0.15, 0.2) is 43.4 Å². The quantitative estimate of drug-likeness (QED) is 0.658. The van der Waals surface area contributed by atoms with E-state index in [4.69, 9.17) is 10.7 Å². The molecule has 27 heavy (non-hydrogen) atoms. The molecule has 0 aliphatic heterocycles. The maximum atomic E-state index is 8.87. The fourth-order valence-corrected chi connectivity index (χ4v) is 4.04. The number of H-pyrrole nitrogens is 1. The van der Waals surface area contributed by atoms with Crippen molar-refractivity contribution < 1.29 is 2.85 Å². The van der Waals surface area contributed by atoms with Gasteiger partial charge in [-0.3, -0.25) is 9.98 Å². The van der Waals surface area contributed by atoms with Gasteiger partial charge in [0.05, 0.1) is 23.6 Å². The Morgan fingerprint density at radius 2 is 2.22 bits per heavy atom. The van der Waals surface area contributed by atoms with Crippen molar-refractivity contribution in [3.63, 3.8) is 0 Å². The molecule has 0 radical (unpaired) electrons. The highest BCUT2D eigenvalue weighted by Gasteiger charge is 2.34. The van der Waals surface area contributed by atoms with Gasteiger partial charge in [-0.25, -0.2) is 9.97 Å². The van der Waals surface area contributed by atoms with Crippen LogP contribution in [0.4, 0.5) is 5.69 Å². The molecule has 0 bridgehead atoms. The van der Waals surface area contributed by atoms with Gasteiger partial charge in [-0.2, -0.15) is 5.26 Å². The van der Waals surface area contributed by atoms with Gasteiger partial charge in [0.15, 0.2) is 5.65 Å². The molecule has 1 saturated carbocycles. The summed E-state index contributed by atoms with van der Waals surface area (Å²) in [6.07, 6.45) is 7.04. The number of aromatic nitrogens is 4. The Labute approximate surface area is 159 Å². The van der Waals surface area contributed by atoms with Gasteiger partial charge >= 0.3 is 0 Å². The second kappa shape index (κ2) is 6.72. The third-order valence-corrected chi connectivity index (χ3v) is 5.35. The first-order valence-corrected chi connectivity index (χ1v) is 8.98. The van der Waals surface area contributed by atoms with Gasteiger partial charge in [-0.1, -0.05) is 13.5 Å². The third-order valence-electron chi connectivity index (χ3n) is 5.35. The lowest BCUT2D eigenvalue weighted by atomic mass is 9.95. The molecule has 3 atom stereocenters. The number of anilines is 1. The first-order chi connectivity index (χ1) is 13.1. The molecule has 3 N–H and O–H groups in total. The number of rotatable bonds is 4. The Morgan fingerprint density at radius 3 is 2.96 bits per heavy atom. The van der Waals surface area contributed by atoms with Crippen LogP contribution in [0.5, 0.6) is 0 Å². The lowest BCUT2D eigenvalue weighted by molar-refractivity contribution is 0.501. The minimum Gasteiger partial charge on any atom is -0.381 e. The van der Waals surface area contributed by atoms with Crippen molar-refractivity contribution in [3.05, 3.63) is 54.6 Å². The standard InChI is InChI=1S/C20H21N7.2H2/c1-12-7-16(26-15-4-3-14(9-21)24-10-15)8-17(12)13(2)27-18-5-6-23-20(18)25-11-19(27)22;;/h3-6,10-12,16-17,22-23,26H,2,7-8H2,1H3;2*1H/t12-,16+,17+;;/m1../s1. The van der Waals surface area contributed by atoms with E-state index >= 15 is 0 Å². The Hall–Kier alpha value is -3.40. The molecule has 0 saturated heterocycles. The SMILES string of the molecule is C=C([C@H]1C[C@@H](Nc2ccc(C#N)nc2)C[C@H]1C)n1c(=N)cnc2[nH]ccc21.[HH].[HH]. The molecule has 3 aromatic heterocycles. The summed E-state index contributed by atoms with van der Waals surface area (Å²) < 4.78 is 1.89. The molecule has 1 aliphatic carbocycles. The highest BCUT2D eigenvalue weighted by molar-refractivity contribution is 5.75. The predicted molar refractivity (Wildman–Crippen MR) is 108 cm³/mol. The topological polar surface area (TPSA) is 106 Å². The zero-order valence-corrected chi connectivity index (χ0v) is 15.1. The lowest BCUT2D eigenvalue weighted by Gasteiger charge is -2.21. The van der Waals surface area contributed by atoms with Crippen LogP contribution in [-0.4, -0.2) is 25.6 Å². The number of nitriles is 1. The predicted octanol–water partition coefficient (Wildman–Crippen LogP) is 3.60. The largest absolute Gasteiger partial charge is 0.381 e. The Bertz CT molecular complexity index is 1090. The average molecular weight is 363 g/mol. The van der Waals surface area contributed by atoms with Crippen LogP contribution in [0.1, 0.15) is 28.3 Å². The van der Waals surface area contributed by atoms with Crippen LogP contribution in [0.25, 0.3) is 16.9 Å². The second-order valence-electron chi connectivity index (χ2n) is 7.12. The number of pyridine rings is 1. The van der Waals surface area contributed by atoms with Crippen LogP contribution in [0, 0.1) is 28.6 Å². The summed E-state index contributed by atoms with van der Waals surface area (Å²) >= 11 is 0. The highest BCUT2D eigenvalue weighted by atomic mass is 15.1. The molecule has 1 aliphatic rings. The van der Waals surface area contributed by atoms with Gasteiger partial charge in [-0.05, 0) is 37.0 Å². The van der Waals surface area contributed by atoms with E-state index in [1.807, 2.05) is 29.0 Å². The molecule has 140 valence electrons. The van der Waals surface area contributed by atoms with Gasteiger partial charge in [0.25, 0.3) is 0 Å². The lowest BCUT2D eigenvalue weighted by Crippen LogP contribution is -2.24. The molecule has 4 rings (SSSR count). The smallest absolute Gasteiger partial charge is 0.154 e. The molecule has 1 fully saturated rings. The van der Waals surface area contributed by atoms with Crippen LogP contribution in [-0.2, 0) is 0 Å². The molecular formula is C20H25N7. The average Bonchev–Trinajstić information content (AvgIpc) is 3.28. The first-order valence-electron chi connectivity index (χ1n) is 8.98. The van der Waals surface area contributed by atoms with Crippen molar-refractivity contribution >= 4 is 22.5 Å². The van der Waals surface area contributed by atoms with Gasteiger partial charge in [-0.15, -0.1) is 0 Å². The number of hydrogen-bond acceptors (Lipinski definition) is 5. The molecular weight excluding hydrogens is 338 g/mol. The number of fused-ring (bicyclic) bond motifs is 1. The number of hydrogen-bond donors (Lipinski definition) is 3. The van der Waals surface area contributed by atoms with E-state index in [0.29, 0.717) is 23.1 Å². The normalized spacial score (nSPS) is 21.9. The van der Waals surface area contributed by atoms with Crippen molar-refractivity contribution in [2.75, 3.05) is 5.32 Å². The molecule has 0 spiro atoms. The highest BCUT2D eigenvalue weighted by Crippen LogP contribution is 2.39. The maximum absolute atomic E-state index is 8.87. The van der Waals surface area contributed by atoms with E-state index in [1.54, 1.807) is 18.5 Å². The molecule has 3 heterocycles. The van der Waals surface area contributed by atoms with E-state index in [1.165, 1.54) is 0 Å². The zero-order chi connectivity index (χ0) is 19.0. The summed E-state index contributed by atoms with van der Waals surface area (Å²) in [5, 5.41) is 20.7. The Kier molecular flexibility index (Phi) is 4.24. The van der Waals surface area contributed by atoms with Crippen molar-refractivity contribution in [1.82, 2.24) is 19.5 Å². The number of allylic oxidation sites excluding steroid dienone is 1. The van der Waals surface area contributed by atoms with Crippen molar-refractivity contribution in [2.24, 2.45) is 11.8 Å². The van der Waals surface area contributed by atoms with Crippen molar-refractivity contribution in [3.8, 4) is 6.07 Å². The minimum absolute atomic E-state index is 0. The second-order valence-corrected chi connectivity index (χ2v) is 7.12. The van der Waals surface area contributed by atoms with E-state index in [0.717, 1.165) is 35.4 Å². The van der Waals surface area contributed by atoms with Crippen LogP contribution in [0.3, 0.4) is 0 Å². The van der Waals surface area contributed by atoms with Crippen molar-refractivity contribution in [2.45, 2.75) is 25.8 Å². The number of aromatic amines is 1. The summed E-state index contributed by atoms with van der Waals surface area (Å²) in [7, 11) is 0. The minimum atomic E-state index is 0. The fourth-order valence-electron chi connectivity index (χ4n) is 4.04. The number of nitrogens with zero attached hydrogens (tertiary/aromatic N) is 4. The maximum Gasteiger partial charge on any atom is 0.154 e. The Balaban J connectivity index is 0.00000150. The summed E-state index contributed by atoms with van der Waals surface area (Å²) in [5.41, 5.74) is 4.25. The Morgan fingerprint density at radius 1 is 1.37 bits per heavy atom.